The van der Waals surface area contributed by atoms with Gasteiger partial charge in [0.05, 0.1) is 11.1 Å². The predicted molar refractivity (Wildman–Crippen MR) is 64.9 cm³/mol. The molecule has 0 spiro atoms. The van der Waals surface area contributed by atoms with Gasteiger partial charge in [-0.05, 0) is 29.1 Å². The third-order valence-corrected chi connectivity index (χ3v) is 3.68. The van der Waals surface area contributed by atoms with E-state index < -0.39 is 0 Å². The molecule has 1 aromatic heterocycles. The molecule has 2 nitrogen and oxygen atoms in total. The molecule has 0 amide bonds. The topological polar surface area (TPSA) is 38.0 Å². The van der Waals surface area contributed by atoms with Crippen LogP contribution in [-0.4, -0.2) is 0 Å². The molecule has 2 aromatic rings. The minimum Gasteiger partial charge on any atom is -0.271 e. The lowest BCUT2D eigenvalue weighted by molar-refractivity contribution is 0.609. The number of thiophene rings is 1. The van der Waals surface area contributed by atoms with Crippen molar-refractivity contribution in [3.63, 3.8) is 0 Å². The number of hydrazine groups is 1. The van der Waals surface area contributed by atoms with Crippen LogP contribution < -0.4 is 11.3 Å². The van der Waals surface area contributed by atoms with Gasteiger partial charge in [0.15, 0.2) is 0 Å². The molecular formula is C11H10ClFN2S. The van der Waals surface area contributed by atoms with Gasteiger partial charge in [0, 0.05) is 4.88 Å². The number of halogens is 2. The summed E-state index contributed by atoms with van der Waals surface area (Å²) >= 11 is 7.51. The van der Waals surface area contributed by atoms with Gasteiger partial charge in [0.25, 0.3) is 0 Å². The van der Waals surface area contributed by atoms with Crippen LogP contribution in [0.25, 0.3) is 0 Å². The summed E-state index contributed by atoms with van der Waals surface area (Å²) in [5, 5.41) is 2.51. The fourth-order valence-corrected chi connectivity index (χ4v) is 2.77. The van der Waals surface area contributed by atoms with Crippen LogP contribution in [0.2, 0.25) is 5.02 Å². The van der Waals surface area contributed by atoms with Crippen molar-refractivity contribution in [1.29, 1.82) is 0 Å². The molecule has 3 N–H and O–H groups in total. The maximum atomic E-state index is 13.1. The Morgan fingerprint density at radius 1 is 1.38 bits per heavy atom. The van der Waals surface area contributed by atoms with Crippen LogP contribution in [0.15, 0.2) is 35.7 Å². The molecule has 0 aliphatic heterocycles. The minimum atomic E-state index is -0.287. The first-order chi connectivity index (χ1) is 7.72. The van der Waals surface area contributed by atoms with E-state index in [1.54, 1.807) is 12.1 Å². The zero-order chi connectivity index (χ0) is 11.5. The van der Waals surface area contributed by atoms with E-state index in [4.69, 9.17) is 17.4 Å². The molecule has 1 unspecified atom stereocenters. The van der Waals surface area contributed by atoms with Crippen molar-refractivity contribution in [3.05, 3.63) is 57.0 Å². The second-order valence-corrected chi connectivity index (χ2v) is 4.64. The van der Waals surface area contributed by atoms with Crippen molar-refractivity contribution in [3.8, 4) is 0 Å². The van der Waals surface area contributed by atoms with E-state index in [0.29, 0.717) is 5.02 Å². The van der Waals surface area contributed by atoms with Gasteiger partial charge in [0.2, 0.25) is 0 Å². The second-order valence-electron chi connectivity index (χ2n) is 3.29. The van der Waals surface area contributed by atoms with Crippen LogP contribution in [-0.2, 0) is 0 Å². The standard InChI is InChI=1S/C11H10ClFN2S/c12-9-4-5-16-11(9)10(15-14)7-2-1-3-8(13)6-7/h1-6,10,15H,14H2. The van der Waals surface area contributed by atoms with Gasteiger partial charge in [-0.1, -0.05) is 23.7 Å². The first-order valence-corrected chi connectivity index (χ1v) is 5.92. The monoisotopic (exact) mass is 256 g/mol. The molecule has 16 heavy (non-hydrogen) atoms. The lowest BCUT2D eigenvalue weighted by Gasteiger charge is -2.15. The molecule has 84 valence electrons. The zero-order valence-corrected chi connectivity index (χ0v) is 9.86. The summed E-state index contributed by atoms with van der Waals surface area (Å²) in [6.07, 6.45) is 0. The van der Waals surface area contributed by atoms with Gasteiger partial charge in [-0.3, -0.25) is 5.84 Å². The number of nitrogens with two attached hydrogens (primary N) is 1. The van der Waals surface area contributed by atoms with Gasteiger partial charge < -0.3 is 0 Å². The third kappa shape index (κ3) is 2.25. The number of rotatable bonds is 3. The summed E-state index contributed by atoms with van der Waals surface area (Å²) in [6, 6.07) is 7.82. The van der Waals surface area contributed by atoms with Crippen molar-refractivity contribution in [2.24, 2.45) is 5.84 Å². The number of nitrogens with one attached hydrogen (secondary N) is 1. The smallest absolute Gasteiger partial charge is 0.123 e. The Bertz CT molecular complexity index is 486. The molecule has 0 bridgehead atoms. The van der Waals surface area contributed by atoms with Gasteiger partial charge in [-0.15, -0.1) is 11.3 Å². The Kier molecular flexibility index (Phi) is 3.56. The van der Waals surface area contributed by atoms with Crippen LogP contribution in [0.4, 0.5) is 4.39 Å². The molecule has 1 atom stereocenters. The molecule has 0 aliphatic rings. The summed E-state index contributed by atoms with van der Waals surface area (Å²) in [5.74, 6) is 5.20. The average molecular weight is 257 g/mol. The number of hydrogen-bond acceptors (Lipinski definition) is 3. The van der Waals surface area contributed by atoms with E-state index in [2.05, 4.69) is 5.43 Å². The Morgan fingerprint density at radius 2 is 2.19 bits per heavy atom. The summed E-state index contributed by atoms with van der Waals surface area (Å²) in [4.78, 5) is 0.884. The fraction of sp³-hybridized carbons (Fsp3) is 0.0909. The average Bonchev–Trinajstić information content (AvgIpc) is 2.67. The predicted octanol–water partition coefficient (Wildman–Crippen LogP) is 3.09. The molecule has 1 aromatic carbocycles. The van der Waals surface area contributed by atoms with Crippen molar-refractivity contribution in [2.75, 3.05) is 0 Å². The second kappa shape index (κ2) is 4.93. The van der Waals surface area contributed by atoms with Crippen LogP contribution in [0, 0.1) is 5.82 Å². The first-order valence-electron chi connectivity index (χ1n) is 4.67. The lowest BCUT2D eigenvalue weighted by Crippen LogP contribution is -2.28. The van der Waals surface area contributed by atoms with E-state index in [0.717, 1.165) is 10.4 Å². The Hall–Kier alpha value is -0.940. The largest absolute Gasteiger partial charge is 0.271 e. The van der Waals surface area contributed by atoms with Gasteiger partial charge in [-0.2, -0.15) is 0 Å². The molecule has 0 radical (unpaired) electrons. The Labute approximate surface area is 102 Å². The highest BCUT2D eigenvalue weighted by molar-refractivity contribution is 7.10. The van der Waals surface area contributed by atoms with Gasteiger partial charge in [-0.25, -0.2) is 9.82 Å². The molecule has 1 heterocycles. The van der Waals surface area contributed by atoms with Crippen molar-refractivity contribution in [1.82, 2.24) is 5.43 Å². The van der Waals surface area contributed by atoms with E-state index in [-0.39, 0.29) is 11.9 Å². The van der Waals surface area contributed by atoms with Crippen LogP contribution in [0.3, 0.4) is 0 Å². The molecule has 0 saturated heterocycles. The minimum absolute atomic E-state index is 0.275. The van der Waals surface area contributed by atoms with Gasteiger partial charge >= 0.3 is 0 Å². The van der Waals surface area contributed by atoms with Crippen molar-refractivity contribution < 1.29 is 4.39 Å². The highest BCUT2D eigenvalue weighted by Crippen LogP contribution is 2.32. The Morgan fingerprint density at radius 3 is 2.75 bits per heavy atom. The third-order valence-electron chi connectivity index (χ3n) is 2.26. The van der Waals surface area contributed by atoms with Gasteiger partial charge in [0.1, 0.15) is 5.82 Å². The molecular weight excluding hydrogens is 247 g/mol. The quantitative estimate of drug-likeness (QED) is 0.654. The van der Waals surface area contributed by atoms with E-state index in [9.17, 15) is 4.39 Å². The number of benzene rings is 1. The highest BCUT2D eigenvalue weighted by atomic mass is 35.5. The van der Waals surface area contributed by atoms with Crippen molar-refractivity contribution >= 4 is 22.9 Å². The maximum Gasteiger partial charge on any atom is 0.123 e. The first kappa shape index (κ1) is 11.5. The van der Waals surface area contributed by atoms with E-state index >= 15 is 0 Å². The summed E-state index contributed by atoms with van der Waals surface area (Å²) in [7, 11) is 0. The Balaban J connectivity index is 2.40. The molecule has 2 rings (SSSR count). The molecule has 5 heteroatoms. The van der Waals surface area contributed by atoms with Crippen LogP contribution >= 0.6 is 22.9 Å². The maximum absolute atomic E-state index is 13.1. The zero-order valence-electron chi connectivity index (χ0n) is 8.28. The summed E-state index contributed by atoms with van der Waals surface area (Å²) in [6.45, 7) is 0. The molecule has 0 aliphatic carbocycles. The highest BCUT2D eigenvalue weighted by Gasteiger charge is 2.17. The SMILES string of the molecule is NNC(c1cccc(F)c1)c1sccc1Cl. The van der Waals surface area contributed by atoms with E-state index in [1.165, 1.54) is 23.5 Å². The summed E-state index contributed by atoms with van der Waals surface area (Å²) in [5.41, 5.74) is 3.40. The fourth-order valence-electron chi connectivity index (χ4n) is 1.52. The molecule has 0 saturated carbocycles. The summed E-state index contributed by atoms with van der Waals surface area (Å²) < 4.78 is 13.1. The van der Waals surface area contributed by atoms with Crippen molar-refractivity contribution in [2.45, 2.75) is 6.04 Å². The molecule has 0 fully saturated rings. The van der Waals surface area contributed by atoms with Crippen LogP contribution in [0.5, 0.6) is 0 Å². The van der Waals surface area contributed by atoms with Crippen LogP contribution in [0.1, 0.15) is 16.5 Å². The van der Waals surface area contributed by atoms with E-state index in [1.807, 2.05) is 11.4 Å². The normalized spacial score (nSPS) is 12.7. The lowest BCUT2D eigenvalue weighted by atomic mass is 10.1. The number of hydrogen-bond donors (Lipinski definition) is 2.